The topological polar surface area (TPSA) is 41.4 Å². The molecule has 1 saturated heterocycles. The van der Waals surface area contributed by atoms with E-state index in [1.165, 1.54) is 5.56 Å². The minimum absolute atomic E-state index is 0.178. The maximum absolute atomic E-state index is 12.9. The Bertz CT molecular complexity index is 689. The molecule has 5 heteroatoms. The van der Waals surface area contributed by atoms with Gasteiger partial charge in [0.05, 0.1) is 6.54 Å². The van der Waals surface area contributed by atoms with Crippen LogP contribution in [-0.4, -0.2) is 46.8 Å². The maximum Gasteiger partial charge on any atom is 0.230 e. The van der Waals surface area contributed by atoms with E-state index < -0.39 is 0 Å². The van der Waals surface area contributed by atoms with Crippen molar-refractivity contribution in [2.45, 2.75) is 25.8 Å². The molecule has 0 spiro atoms. The van der Waals surface area contributed by atoms with Crippen LogP contribution in [0, 0.1) is 5.92 Å². The SMILES string of the molecule is O=C(C1CCN(CCn2cccn2)CC1)N1CCc2ccccc21. The second kappa shape index (κ2) is 6.77. The van der Waals surface area contributed by atoms with Gasteiger partial charge in [0.25, 0.3) is 0 Å². The smallest absolute Gasteiger partial charge is 0.230 e. The van der Waals surface area contributed by atoms with E-state index in [2.05, 4.69) is 28.2 Å². The number of benzene rings is 1. The molecule has 0 saturated carbocycles. The molecule has 0 N–H and O–H groups in total. The lowest BCUT2D eigenvalue weighted by Crippen LogP contribution is -2.43. The van der Waals surface area contributed by atoms with Crippen LogP contribution in [0.3, 0.4) is 0 Å². The Kier molecular flexibility index (Phi) is 4.34. The van der Waals surface area contributed by atoms with Gasteiger partial charge in [-0.15, -0.1) is 0 Å². The van der Waals surface area contributed by atoms with Crippen LogP contribution in [0.5, 0.6) is 0 Å². The van der Waals surface area contributed by atoms with E-state index in [0.717, 1.165) is 57.7 Å². The Balaban J connectivity index is 1.30. The van der Waals surface area contributed by atoms with Crippen LogP contribution in [0.15, 0.2) is 42.7 Å². The van der Waals surface area contributed by atoms with Gasteiger partial charge in [-0.3, -0.25) is 9.48 Å². The Morgan fingerprint density at radius 2 is 1.92 bits per heavy atom. The van der Waals surface area contributed by atoms with Crippen molar-refractivity contribution in [2.24, 2.45) is 5.92 Å². The van der Waals surface area contributed by atoms with Gasteiger partial charge in [-0.2, -0.15) is 5.10 Å². The van der Waals surface area contributed by atoms with Crippen molar-refractivity contribution in [3.8, 4) is 0 Å². The number of likely N-dealkylation sites (tertiary alicyclic amines) is 1. The van der Waals surface area contributed by atoms with Gasteiger partial charge < -0.3 is 9.80 Å². The summed E-state index contributed by atoms with van der Waals surface area (Å²) < 4.78 is 1.97. The number of piperidine rings is 1. The Morgan fingerprint density at radius 3 is 2.71 bits per heavy atom. The predicted molar refractivity (Wildman–Crippen MR) is 93.9 cm³/mol. The summed E-state index contributed by atoms with van der Waals surface area (Å²) in [7, 11) is 0. The van der Waals surface area contributed by atoms with Crippen LogP contribution in [0.4, 0.5) is 5.69 Å². The first-order chi connectivity index (χ1) is 11.8. The molecular weight excluding hydrogens is 300 g/mol. The zero-order chi connectivity index (χ0) is 16.4. The van der Waals surface area contributed by atoms with Gasteiger partial charge in [-0.25, -0.2) is 0 Å². The summed E-state index contributed by atoms with van der Waals surface area (Å²) in [6, 6.07) is 10.3. The van der Waals surface area contributed by atoms with Crippen molar-refractivity contribution < 1.29 is 4.79 Å². The number of anilines is 1. The molecule has 1 amide bonds. The number of aromatic nitrogens is 2. The highest BCUT2D eigenvalue weighted by atomic mass is 16.2. The lowest BCUT2D eigenvalue weighted by molar-refractivity contribution is -0.123. The number of hydrogen-bond acceptors (Lipinski definition) is 3. The third-order valence-electron chi connectivity index (χ3n) is 5.29. The van der Waals surface area contributed by atoms with Crippen molar-refractivity contribution >= 4 is 11.6 Å². The molecule has 0 radical (unpaired) electrons. The highest BCUT2D eigenvalue weighted by molar-refractivity contribution is 5.97. The Labute approximate surface area is 142 Å². The van der Waals surface area contributed by atoms with Gasteiger partial charge in [0.1, 0.15) is 0 Å². The fourth-order valence-electron chi connectivity index (χ4n) is 3.87. The minimum Gasteiger partial charge on any atom is -0.312 e. The summed E-state index contributed by atoms with van der Waals surface area (Å²) in [6.45, 7) is 4.79. The van der Waals surface area contributed by atoms with E-state index in [4.69, 9.17) is 0 Å². The first kappa shape index (κ1) is 15.4. The summed E-state index contributed by atoms with van der Waals surface area (Å²) in [5.41, 5.74) is 2.44. The molecule has 1 aromatic heterocycles. The average molecular weight is 324 g/mol. The molecule has 1 aromatic carbocycles. The van der Waals surface area contributed by atoms with Crippen molar-refractivity contribution in [2.75, 3.05) is 31.1 Å². The molecule has 5 nitrogen and oxygen atoms in total. The second-order valence-electron chi connectivity index (χ2n) is 6.75. The molecule has 0 unspecified atom stereocenters. The highest BCUT2D eigenvalue weighted by Crippen LogP contribution is 2.30. The first-order valence-electron chi connectivity index (χ1n) is 8.90. The van der Waals surface area contributed by atoms with Crippen LogP contribution in [0.1, 0.15) is 18.4 Å². The van der Waals surface area contributed by atoms with Gasteiger partial charge in [0.15, 0.2) is 0 Å². The van der Waals surface area contributed by atoms with E-state index in [9.17, 15) is 4.79 Å². The van der Waals surface area contributed by atoms with Crippen LogP contribution in [0.2, 0.25) is 0 Å². The van der Waals surface area contributed by atoms with Crippen LogP contribution >= 0.6 is 0 Å². The first-order valence-corrected chi connectivity index (χ1v) is 8.90. The summed E-state index contributed by atoms with van der Waals surface area (Å²) >= 11 is 0. The predicted octanol–water partition coefficient (Wildman–Crippen LogP) is 2.18. The number of fused-ring (bicyclic) bond motifs is 1. The normalized spacial score (nSPS) is 18.8. The van der Waals surface area contributed by atoms with Gasteiger partial charge in [-0.05, 0) is 50.0 Å². The van der Waals surface area contributed by atoms with Crippen LogP contribution < -0.4 is 4.90 Å². The number of carbonyl (C=O) groups is 1. The van der Waals surface area contributed by atoms with E-state index in [1.54, 1.807) is 0 Å². The average Bonchev–Trinajstić information content (AvgIpc) is 3.29. The van der Waals surface area contributed by atoms with Crippen LogP contribution in [0.25, 0.3) is 0 Å². The molecule has 0 atom stereocenters. The van der Waals surface area contributed by atoms with Crippen LogP contribution in [-0.2, 0) is 17.8 Å². The number of nitrogens with zero attached hydrogens (tertiary/aromatic N) is 4. The van der Waals surface area contributed by atoms with E-state index in [0.29, 0.717) is 5.91 Å². The van der Waals surface area contributed by atoms with Crippen molar-refractivity contribution in [3.63, 3.8) is 0 Å². The standard InChI is InChI=1S/C19H24N4O/c24-19(23-13-8-16-4-1-2-5-18(16)23)17-6-11-21(12-7-17)14-15-22-10-3-9-20-22/h1-5,9-10,17H,6-8,11-15H2. The quantitative estimate of drug-likeness (QED) is 0.866. The zero-order valence-electron chi connectivity index (χ0n) is 14.0. The van der Waals surface area contributed by atoms with E-state index >= 15 is 0 Å². The Morgan fingerprint density at radius 1 is 1.08 bits per heavy atom. The van der Waals surface area contributed by atoms with E-state index in [1.807, 2.05) is 34.1 Å². The maximum atomic E-state index is 12.9. The molecular formula is C19H24N4O. The van der Waals surface area contributed by atoms with Gasteiger partial charge in [0, 0.05) is 37.1 Å². The lowest BCUT2D eigenvalue weighted by atomic mass is 9.95. The largest absolute Gasteiger partial charge is 0.312 e. The molecule has 126 valence electrons. The molecule has 2 aliphatic heterocycles. The summed E-state index contributed by atoms with van der Waals surface area (Å²) in [5, 5.41) is 4.25. The molecule has 2 aromatic rings. The van der Waals surface area contributed by atoms with Crippen molar-refractivity contribution in [1.29, 1.82) is 0 Å². The zero-order valence-corrected chi connectivity index (χ0v) is 14.0. The fourth-order valence-corrected chi connectivity index (χ4v) is 3.87. The molecule has 4 rings (SSSR count). The fraction of sp³-hybridized carbons (Fsp3) is 0.474. The number of hydrogen-bond donors (Lipinski definition) is 0. The third kappa shape index (κ3) is 3.08. The number of rotatable bonds is 4. The summed E-state index contributed by atoms with van der Waals surface area (Å²) in [6.07, 6.45) is 6.75. The Hall–Kier alpha value is -2.14. The van der Waals surface area contributed by atoms with Crippen molar-refractivity contribution in [3.05, 3.63) is 48.3 Å². The number of carbonyl (C=O) groups excluding carboxylic acids is 1. The number of para-hydroxylation sites is 1. The molecule has 0 bridgehead atoms. The van der Waals surface area contributed by atoms with Gasteiger partial charge in [-0.1, -0.05) is 18.2 Å². The molecule has 2 aliphatic rings. The minimum atomic E-state index is 0.178. The molecule has 0 aliphatic carbocycles. The monoisotopic (exact) mass is 324 g/mol. The molecule has 3 heterocycles. The lowest BCUT2D eigenvalue weighted by Gasteiger charge is -2.33. The molecule has 24 heavy (non-hydrogen) atoms. The summed E-state index contributed by atoms with van der Waals surface area (Å²) in [4.78, 5) is 17.4. The van der Waals surface area contributed by atoms with E-state index in [-0.39, 0.29) is 5.92 Å². The molecule has 1 fully saturated rings. The van der Waals surface area contributed by atoms with Crippen molar-refractivity contribution in [1.82, 2.24) is 14.7 Å². The third-order valence-corrected chi connectivity index (χ3v) is 5.29. The van der Waals surface area contributed by atoms with Gasteiger partial charge >= 0.3 is 0 Å². The second-order valence-corrected chi connectivity index (χ2v) is 6.75. The van der Waals surface area contributed by atoms with Gasteiger partial charge in [0.2, 0.25) is 5.91 Å². The summed E-state index contributed by atoms with van der Waals surface area (Å²) in [5.74, 6) is 0.504. The number of amides is 1. The highest BCUT2D eigenvalue weighted by Gasteiger charge is 2.32.